The lowest BCUT2D eigenvalue weighted by molar-refractivity contribution is -0.122. The number of carbonyl (C=O) groups excluding carboxylic acids is 2. The van der Waals surface area contributed by atoms with E-state index in [1.807, 2.05) is 31.2 Å². The number of piperidine rings is 1. The largest absolute Gasteiger partial charge is 0.493 e. The Kier molecular flexibility index (Phi) is 8.00. The maximum atomic E-state index is 12.7. The average molecular weight is 449 g/mol. The van der Waals surface area contributed by atoms with Crippen LogP contribution >= 0.6 is 23.2 Å². The van der Waals surface area contributed by atoms with Gasteiger partial charge in [-0.15, -0.1) is 0 Å². The fourth-order valence-electron chi connectivity index (χ4n) is 3.49. The first-order valence-electron chi connectivity index (χ1n) is 10.2. The Morgan fingerprint density at radius 1 is 1.13 bits per heavy atom. The number of halogens is 2. The molecule has 0 spiro atoms. The van der Waals surface area contributed by atoms with Crippen LogP contribution < -0.4 is 10.1 Å². The first kappa shape index (κ1) is 22.4. The van der Waals surface area contributed by atoms with E-state index in [0.29, 0.717) is 48.1 Å². The predicted octanol–water partition coefficient (Wildman–Crippen LogP) is 4.88. The summed E-state index contributed by atoms with van der Waals surface area (Å²) in [6.07, 6.45) is 2.53. The quantitative estimate of drug-likeness (QED) is 0.613. The molecule has 1 N–H and O–H groups in total. The van der Waals surface area contributed by atoms with Crippen molar-refractivity contribution in [1.29, 1.82) is 0 Å². The highest BCUT2D eigenvalue weighted by atomic mass is 35.5. The number of hydrogen-bond acceptors (Lipinski definition) is 3. The third-order valence-corrected chi connectivity index (χ3v) is 5.76. The van der Waals surface area contributed by atoms with Crippen molar-refractivity contribution in [3.05, 3.63) is 63.6 Å². The van der Waals surface area contributed by atoms with Gasteiger partial charge in [0.1, 0.15) is 5.75 Å². The van der Waals surface area contributed by atoms with Crippen LogP contribution in [0.25, 0.3) is 0 Å². The van der Waals surface area contributed by atoms with Crippen LogP contribution in [-0.4, -0.2) is 42.5 Å². The molecule has 160 valence electrons. The standard InChI is InChI=1S/C23H26Cl2N2O3/c1-16-5-2-3-6-21(16)30-14-4-7-22(28)26-18-10-12-27(13-11-18)23(29)19-9-8-17(24)15-20(19)25/h2-3,5-6,8-9,15,18H,4,7,10-14H2,1H3,(H,26,28). The Labute approximate surface area is 187 Å². The van der Waals surface area contributed by atoms with Crippen molar-refractivity contribution in [3.63, 3.8) is 0 Å². The molecule has 1 aliphatic heterocycles. The van der Waals surface area contributed by atoms with E-state index < -0.39 is 0 Å². The third-order valence-electron chi connectivity index (χ3n) is 5.21. The highest BCUT2D eigenvalue weighted by molar-refractivity contribution is 6.36. The normalized spacial score (nSPS) is 14.4. The van der Waals surface area contributed by atoms with E-state index in [1.54, 1.807) is 23.1 Å². The fourth-order valence-corrected chi connectivity index (χ4v) is 3.98. The highest BCUT2D eigenvalue weighted by Crippen LogP contribution is 2.24. The van der Waals surface area contributed by atoms with Crippen LogP contribution in [0.5, 0.6) is 5.75 Å². The van der Waals surface area contributed by atoms with Crippen molar-refractivity contribution >= 4 is 35.0 Å². The summed E-state index contributed by atoms with van der Waals surface area (Å²) in [5.74, 6) is 0.777. The summed E-state index contributed by atoms with van der Waals surface area (Å²) in [6, 6.07) is 12.8. The zero-order chi connectivity index (χ0) is 21.5. The van der Waals surface area contributed by atoms with Gasteiger partial charge in [0.25, 0.3) is 5.91 Å². The number of nitrogens with zero attached hydrogens (tertiary/aromatic N) is 1. The number of hydrogen-bond donors (Lipinski definition) is 1. The van der Waals surface area contributed by atoms with Gasteiger partial charge in [0.05, 0.1) is 17.2 Å². The summed E-state index contributed by atoms with van der Waals surface area (Å²) < 4.78 is 5.73. The van der Waals surface area contributed by atoms with Gasteiger partial charge in [0.15, 0.2) is 0 Å². The van der Waals surface area contributed by atoms with Crippen molar-refractivity contribution < 1.29 is 14.3 Å². The molecule has 1 aliphatic rings. The van der Waals surface area contributed by atoms with Crippen molar-refractivity contribution in [1.82, 2.24) is 10.2 Å². The van der Waals surface area contributed by atoms with E-state index in [-0.39, 0.29) is 17.9 Å². The molecule has 0 bridgehead atoms. The molecule has 0 saturated carbocycles. The minimum absolute atomic E-state index is 0.0221. The van der Waals surface area contributed by atoms with Gasteiger partial charge in [-0.2, -0.15) is 0 Å². The average Bonchev–Trinajstić information content (AvgIpc) is 2.72. The topological polar surface area (TPSA) is 58.6 Å². The Balaban J connectivity index is 1.37. The van der Waals surface area contributed by atoms with Gasteiger partial charge in [-0.3, -0.25) is 9.59 Å². The maximum absolute atomic E-state index is 12.7. The summed E-state index contributed by atoms with van der Waals surface area (Å²) in [6.45, 7) is 3.67. The molecule has 1 heterocycles. The van der Waals surface area contributed by atoms with Gasteiger partial charge < -0.3 is 15.0 Å². The molecule has 0 radical (unpaired) electrons. The summed E-state index contributed by atoms with van der Waals surface area (Å²) in [5.41, 5.74) is 1.54. The van der Waals surface area contributed by atoms with Crippen LogP contribution in [0.3, 0.4) is 0 Å². The number of benzene rings is 2. The van der Waals surface area contributed by atoms with Gasteiger partial charge in [0, 0.05) is 30.6 Å². The maximum Gasteiger partial charge on any atom is 0.255 e. The van der Waals surface area contributed by atoms with Gasteiger partial charge in [0.2, 0.25) is 5.91 Å². The first-order valence-corrected chi connectivity index (χ1v) is 10.9. The summed E-state index contributed by atoms with van der Waals surface area (Å²) in [4.78, 5) is 26.7. The molecular formula is C23H26Cl2N2O3. The first-order chi connectivity index (χ1) is 14.4. The SMILES string of the molecule is Cc1ccccc1OCCCC(=O)NC1CCN(C(=O)c2ccc(Cl)cc2Cl)CC1. The Hall–Kier alpha value is -2.24. The van der Waals surface area contributed by atoms with E-state index in [9.17, 15) is 9.59 Å². The number of ether oxygens (including phenoxy) is 1. The molecule has 0 unspecified atom stereocenters. The van der Waals surface area contributed by atoms with Crippen molar-refractivity contribution in [3.8, 4) is 5.75 Å². The number of likely N-dealkylation sites (tertiary alicyclic amines) is 1. The van der Waals surface area contributed by atoms with Crippen molar-refractivity contribution in [2.75, 3.05) is 19.7 Å². The molecule has 7 heteroatoms. The number of amides is 2. The number of aryl methyl sites for hydroxylation is 1. The minimum atomic E-state index is -0.102. The summed E-state index contributed by atoms with van der Waals surface area (Å²) in [7, 11) is 0. The van der Waals surface area contributed by atoms with Crippen LogP contribution in [-0.2, 0) is 4.79 Å². The second-order valence-corrected chi connectivity index (χ2v) is 8.32. The zero-order valence-corrected chi connectivity index (χ0v) is 18.5. The number of para-hydroxylation sites is 1. The van der Waals surface area contributed by atoms with Crippen LogP contribution in [0.15, 0.2) is 42.5 Å². The number of rotatable bonds is 7. The lowest BCUT2D eigenvalue weighted by Crippen LogP contribution is -2.46. The Bertz CT molecular complexity index is 896. The molecule has 2 amide bonds. The molecular weight excluding hydrogens is 423 g/mol. The van der Waals surface area contributed by atoms with Crippen LogP contribution in [0.2, 0.25) is 10.0 Å². The van der Waals surface area contributed by atoms with Crippen LogP contribution in [0.1, 0.15) is 41.6 Å². The molecule has 2 aromatic rings. The third kappa shape index (κ3) is 6.13. The molecule has 0 atom stereocenters. The summed E-state index contributed by atoms with van der Waals surface area (Å²) >= 11 is 12.1. The smallest absolute Gasteiger partial charge is 0.255 e. The number of carbonyl (C=O) groups is 2. The predicted molar refractivity (Wildman–Crippen MR) is 119 cm³/mol. The lowest BCUT2D eigenvalue weighted by Gasteiger charge is -2.32. The summed E-state index contributed by atoms with van der Waals surface area (Å²) in [5, 5.41) is 3.93. The molecule has 1 fully saturated rings. The molecule has 30 heavy (non-hydrogen) atoms. The van der Waals surface area contributed by atoms with Crippen LogP contribution in [0.4, 0.5) is 0 Å². The van der Waals surface area contributed by atoms with Crippen LogP contribution in [0, 0.1) is 6.92 Å². The molecule has 1 saturated heterocycles. The Morgan fingerprint density at radius 2 is 1.87 bits per heavy atom. The van der Waals surface area contributed by atoms with E-state index in [1.165, 1.54) is 0 Å². The van der Waals surface area contributed by atoms with Crippen molar-refractivity contribution in [2.24, 2.45) is 0 Å². The second-order valence-electron chi connectivity index (χ2n) is 7.48. The molecule has 5 nitrogen and oxygen atoms in total. The van der Waals surface area contributed by atoms with Gasteiger partial charge in [-0.25, -0.2) is 0 Å². The fraction of sp³-hybridized carbons (Fsp3) is 0.391. The van der Waals surface area contributed by atoms with E-state index in [2.05, 4.69) is 5.32 Å². The molecule has 0 aromatic heterocycles. The second kappa shape index (κ2) is 10.7. The zero-order valence-electron chi connectivity index (χ0n) is 17.0. The van der Waals surface area contributed by atoms with E-state index in [4.69, 9.17) is 27.9 Å². The number of nitrogens with one attached hydrogen (secondary N) is 1. The van der Waals surface area contributed by atoms with Crippen molar-refractivity contribution in [2.45, 2.75) is 38.6 Å². The Morgan fingerprint density at radius 3 is 2.57 bits per heavy atom. The monoisotopic (exact) mass is 448 g/mol. The molecule has 0 aliphatic carbocycles. The van der Waals surface area contributed by atoms with E-state index >= 15 is 0 Å². The minimum Gasteiger partial charge on any atom is -0.493 e. The molecule has 3 rings (SSSR count). The lowest BCUT2D eigenvalue weighted by atomic mass is 10.0. The van der Waals surface area contributed by atoms with E-state index in [0.717, 1.165) is 24.2 Å². The van der Waals surface area contributed by atoms with Gasteiger partial charge in [-0.1, -0.05) is 41.4 Å². The highest BCUT2D eigenvalue weighted by Gasteiger charge is 2.25. The molecule has 2 aromatic carbocycles. The van der Waals surface area contributed by atoms with Gasteiger partial charge >= 0.3 is 0 Å². The van der Waals surface area contributed by atoms with Gasteiger partial charge in [-0.05, 0) is 56.0 Å².